The van der Waals surface area contributed by atoms with Crippen molar-refractivity contribution in [3.05, 3.63) is 102 Å². The molecular weight excluding hydrogens is 410 g/mol. The Bertz CT molecular complexity index is 1300. The number of hydrogen-bond acceptors (Lipinski definition) is 5. The fraction of sp³-hybridized carbons (Fsp3) is 0.179. The van der Waals surface area contributed by atoms with Gasteiger partial charge in [-0.3, -0.25) is 0 Å². The van der Waals surface area contributed by atoms with Gasteiger partial charge in [-0.1, -0.05) is 24.3 Å². The number of nitrogens with zero attached hydrogens (tertiary/aromatic N) is 3. The van der Waals surface area contributed by atoms with Crippen molar-refractivity contribution in [2.45, 2.75) is 6.61 Å². The molecule has 0 aliphatic carbocycles. The van der Waals surface area contributed by atoms with Crippen LogP contribution in [0.2, 0.25) is 0 Å². The van der Waals surface area contributed by atoms with E-state index in [2.05, 4.69) is 60.3 Å². The van der Waals surface area contributed by atoms with Crippen LogP contribution in [0.1, 0.15) is 16.8 Å². The van der Waals surface area contributed by atoms with Gasteiger partial charge in [0, 0.05) is 30.6 Å². The molecule has 4 aromatic rings. The predicted molar refractivity (Wildman–Crippen MR) is 133 cm³/mol. The van der Waals surface area contributed by atoms with Crippen molar-refractivity contribution in [1.82, 2.24) is 14.8 Å². The molecule has 0 unspecified atom stereocenters. The maximum absolute atomic E-state index is 6.03. The second-order valence-electron chi connectivity index (χ2n) is 8.27. The summed E-state index contributed by atoms with van der Waals surface area (Å²) in [7, 11) is 5.93. The molecule has 0 radical (unpaired) electrons. The van der Waals surface area contributed by atoms with Crippen molar-refractivity contribution in [2.75, 3.05) is 27.9 Å². The molecule has 5 nitrogen and oxygen atoms in total. The number of para-hydroxylation sites is 1. The zero-order valence-corrected chi connectivity index (χ0v) is 19.2. The molecule has 0 fully saturated rings. The van der Waals surface area contributed by atoms with Gasteiger partial charge in [-0.05, 0) is 60.7 Å². The van der Waals surface area contributed by atoms with E-state index in [0.717, 1.165) is 40.3 Å². The van der Waals surface area contributed by atoms with Gasteiger partial charge < -0.3 is 19.3 Å². The van der Waals surface area contributed by atoms with Crippen LogP contribution in [-0.2, 0) is 6.61 Å². The summed E-state index contributed by atoms with van der Waals surface area (Å²) in [4.78, 5) is 9.23. The van der Waals surface area contributed by atoms with E-state index in [4.69, 9.17) is 14.5 Å². The highest BCUT2D eigenvalue weighted by Crippen LogP contribution is 2.37. The first-order valence-corrected chi connectivity index (χ1v) is 11.0. The van der Waals surface area contributed by atoms with Crippen LogP contribution in [0.15, 0.2) is 84.9 Å². The van der Waals surface area contributed by atoms with Crippen molar-refractivity contribution in [3.63, 3.8) is 0 Å². The van der Waals surface area contributed by atoms with Crippen LogP contribution < -0.4 is 9.47 Å². The third-order valence-corrected chi connectivity index (χ3v) is 5.95. The van der Waals surface area contributed by atoms with Gasteiger partial charge in [-0.15, -0.1) is 0 Å². The summed E-state index contributed by atoms with van der Waals surface area (Å²) in [6.45, 7) is 1.27. The molecule has 166 valence electrons. The maximum Gasteiger partial charge on any atom is 0.130 e. The summed E-state index contributed by atoms with van der Waals surface area (Å²) in [6.07, 6.45) is 0. The fourth-order valence-corrected chi connectivity index (χ4v) is 4.34. The van der Waals surface area contributed by atoms with Crippen LogP contribution >= 0.6 is 0 Å². The van der Waals surface area contributed by atoms with Gasteiger partial charge in [0.1, 0.15) is 18.1 Å². The molecule has 0 bridgehead atoms. The second-order valence-corrected chi connectivity index (χ2v) is 8.27. The number of benzene rings is 3. The number of hydrogen-bond donors (Lipinski definition) is 0. The Morgan fingerprint density at radius 2 is 1.33 bits per heavy atom. The number of fused-ring (bicyclic) bond motifs is 1. The molecule has 33 heavy (non-hydrogen) atoms. The minimum absolute atomic E-state index is 0.437. The van der Waals surface area contributed by atoms with E-state index in [1.54, 1.807) is 7.11 Å². The SMILES string of the molecule is COc1ccc(C2=C(c3ccc(OCc4ccc5ccccc5n4)cc3)N(C)CN2C)cc1. The van der Waals surface area contributed by atoms with Gasteiger partial charge in [0.05, 0.1) is 36.4 Å². The van der Waals surface area contributed by atoms with Crippen molar-refractivity contribution in [3.8, 4) is 11.5 Å². The molecule has 2 heterocycles. The predicted octanol–water partition coefficient (Wildman–Crippen LogP) is 5.48. The molecular formula is C28H27N3O2. The van der Waals surface area contributed by atoms with E-state index in [9.17, 15) is 0 Å². The Kier molecular flexibility index (Phi) is 5.61. The lowest BCUT2D eigenvalue weighted by Gasteiger charge is -2.16. The number of pyridine rings is 1. The highest BCUT2D eigenvalue weighted by molar-refractivity contribution is 5.90. The summed E-state index contributed by atoms with van der Waals surface area (Å²) in [5, 5.41) is 1.14. The Balaban J connectivity index is 1.37. The molecule has 5 heteroatoms. The first kappa shape index (κ1) is 20.9. The molecule has 1 aliphatic heterocycles. The summed E-state index contributed by atoms with van der Waals surface area (Å²) >= 11 is 0. The van der Waals surface area contributed by atoms with Crippen molar-refractivity contribution in [2.24, 2.45) is 0 Å². The van der Waals surface area contributed by atoms with Gasteiger partial charge in [-0.2, -0.15) is 0 Å². The van der Waals surface area contributed by atoms with E-state index in [1.165, 1.54) is 17.0 Å². The summed E-state index contributed by atoms with van der Waals surface area (Å²) in [5.74, 6) is 1.69. The molecule has 0 amide bonds. The largest absolute Gasteiger partial charge is 0.497 e. The van der Waals surface area contributed by atoms with Crippen LogP contribution in [-0.4, -0.2) is 42.7 Å². The first-order valence-electron chi connectivity index (χ1n) is 11.0. The van der Waals surface area contributed by atoms with Gasteiger partial charge in [0.2, 0.25) is 0 Å². The van der Waals surface area contributed by atoms with Crippen LogP contribution in [0.5, 0.6) is 11.5 Å². The molecule has 0 N–H and O–H groups in total. The molecule has 0 saturated heterocycles. The molecule has 1 aromatic heterocycles. The molecule has 0 spiro atoms. The summed E-state index contributed by atoms with van der Waals surface area (Å²) in [6, 6.07) is 28.8. The highest BCUT2D eigenvalue weighted by Gasteiger charge is 2.26. The average Bonchev–Trinajstić information content (AvgIpc) is 3.16. The van der Waals surface area contributed by atoms with Gasteiger partial charge in [0.15, 0.2) is 0 Å². The smallest absolute Gasteiger partial charge is 0.130 e. The Morgan fingerprint density at radius 1 is 0.727 bits per heavy atom. The average molecular weight is 438 g/mol. The number of ether oxygens (including phenoxy) is 2. The number of methoxy groups -OCH3 is 1. The normalized spacial score (nSPS) is 13.7. The zero-order valence-electron chi connectivity index (χ0n) is 19.2. The van der Waals surface area contributed by atoms with Crippen molar-refractivity contribution >= 4 is 22.3 Å². The zero-order chi connectivity index (χ0) is 22.8. The lowest BCUT2D eigenvalue weighted by atomic mass is 10.0. The van der Waals surface area contributed by atoms with Gasteiger partial charge >= 0.3 is 0 Å². The third kappa shape index (κ3) is 4.22. The van der Waals surface area contributed by atoms with Crippen molar-refractivity contribution < 1.29 is 9.47 Å². The highest BCUT2D eigenvalue weighted by atomic mass is 16.5. The monoisotopic (exact) mass is 437 g/mol. The lowest BCUT2D eigenvalue weighted by molar-refractivity contribution is 0.302. The lowest BCUT2D eigenvalue weighted by Crippen LogP contribution is -2.20. The van der Waals surface area contributed by atoms with Crippen LogP contribution in [0, 0.1) is 0 Å². The minimum Gasteiger partial charge on any atom is -0.497 e. The summed E-state index contributed by atoms with van der Waals surface area (Å²) < 4.78 is 11.3. The van der Waals surface area contributed by atoms with Crippen molar-refractivity contribution in [1.29, 1.82) is 0 Å². The number of rotatable bonds is 6. The fourth-order valence-electron chi connectivity index (χ4n) is 4.34. The van der Waals surface area contributed by atoms with E-state index in [-0.39, 0.29) is 0 Å². The maximum atomic E-state index is 6.03. The molecule has 1 aliphatic rings. The van der Waals surface area contributed by atoms with Crippen LogP contribution in [0.25, 0.3) is 22.3 Å². The topological polar surface area (TPSA) is 37.8 Å². The second kappa shape index (κ2) is 8.87. The van der Waals surface area contributed by atoms with E-state index in [1.807, 2.05) is 48.5 Å². The number of aromatic nitrogens is 1. The van der Waals surface area contributed by atoms with E-state index >= 15 is 0 Å². The standard InChI is InChI=1S/C28H27N3O2/c1-30-19-31(2)28(27(30)21-9-14-24(32-3)15-10-21)22-11-16-25(17-12-22)33-18-23-13-8-20-6-4-5-7-26(20)29-23/h4-17H,18-19H2,1-3H3. The Labute approximate surface area is 194 Å². The third-order valence-electron chi connectivity index (χ3n) is 5.95. The molecule has 3 aromatic carbocycles. The van der Waals surface area contributed by atoms with Crippen LogP contribution in [0.3, 0.4) is 0 Å². The first-order chi connectivity index (χ1) is 16.1. The minimum atomic E-state index is 0.437. The molecule has 0 atom stereocenters. The van der Waals surface area contributed by atoms with Crippen LogP contribution in [0.4, 0.5) is 0 Å². The van der Waals surface area contributed by atoms with E-state index in [0.29, 0.717) is 6.61 Å². The van der Waals surface area contributed by atoms with Gasteiger partial charge in [-0.25, -0.2) is 4.98 Å². The molecule has 0 saturated carbocycles. The summed E-state index contributed by atoms with van der Waals surface area (Å²) in [5.41, 5.74) is 6.63. The quantitative estimate of drug-likeness (QED) is 0.399. The Hall–Kier alpha value is -3.99. The molecule has 5 rings (SSSR count). The van der Waals surface area contributed by atoms with Gasteiger partial charge in [0.25, 0.3) is 0 Å². The Morgan fingerprint density at radius 3 is 1.97 bits per heavy atom. The van der Waals surface area contributed by atoms with E-state index < -0.39 is 0 Å².